The zero-order valence-electron chi connectivity index (χ0n) is 9.95. The molecule has 1 fully saturated rings. The van der Waals surface area contributed by atoms with E-state index < -0.39 is 0 Å². The van der Waals surface area contributed by atoms with Crippen molar-refractivity contribution < 1.29 is 4.79 Å². The minimum absolute atomic E-state index is 0.0484. The Bertz CT molecular complexity index is 406. The first-order valence-corrected chi connectivity index (χ1v) is 6.40. The van der Waals surface area contributed by atoms with Gasteiger partial charge in [0.15, 0.2) is 0 Å². The average molecular weight is 253 g/mol. The number of likely N-dealkylation sites (N-methyl/N-ethyl adjacent to an activating group) is 1. The van der Waals surface area contributed by atoms with Crippen LogP contribution < -0.4 is 10.2 Å². The van der Waals surface area contributed by atoms with Gasteiger partial charge in [-0.05, 0) is 37.6 Å². The quantitative estimate of drug-likeness (QED) is 0.896. The third-order valence-electron chi connectivity index (χ3n) is 3.01. The standard InChI is InChI=1S/C13H17ClN2O/c1-2-15-12-7-4-8-16(13(12)17)11-6-3-5-10(14)9-11/h3,5-6,9,12,15H,2,4,7-8H2,1H3. The largest absolute Gasteiger partial charge is 0.311 e. The van der Waals surface area contributed by atoms with Gasteiger partial charge in [-0.15, -0.1) is 0 Å². The van der Waals surface area contributed by atoms with E-state index in [1.165, 1.54) is 0 Å². The molecule has 1 aliphatic rings. The van der Waals surface area contributed by atoms with Crippen LogP contribution in [0.3, 0.4) is 0 Å². The lowest BCUT2D eigenvalue weighted by molar-refractivity contribution is -0.121. The molecular weight excluding hydrogens is 236 g/mol. The fourth-order valence-electron chi connectivity index (χ4n) is 2.21. The zero-order chi connectivity index (χ0) is 12.3. The van der Waals surface area contributed by atoms with E-state index in [1.54, 1.807) is 0 Å². The number of piperidine rings is 1. The topological polar surface area (TPSA) is 32.3 Å². The summed E-state index contributed by atoms with van der Waals surface area (Å²) in [6, 6.07) is 7.42. The Morgan fingerprint density at radius 3 is 3.06 bits per heavy atom. The second kappa shape index (κ2) is 5.52. The van der Waals surface area contributed by atoms with Crippen molar-refractivity contribution in [1.29, 1.82) is 0 Å². The number of hydrogen-bond acceptors (Lipinski definition) is 2. The van der Waals surface area contributed by atoms with Gasteiger partial charge in [-0.25, -0.2) is 0 Å². The first-order valence-electron chi connectivity index (χ1n) is 6.02. The molecule has 1 amide bonds. The molecule has 1 heterocycles. The summed E-state index contributed by atoms with van der Waals surface area (Å²) in [6.45, 7) is 3.62. The van der Waals surface area contributed by atoms with Gasteiger partial charge in [0.05, 0.1) is 6.04 Å². The zero-order valence-corrected chi connectivity index (χ0v) is 10.7. The smallest absolute Gasteiger partial charge is 0.244 e. The predicted molar refractivity (Wildman–Crippen MR) is 70.5 cm³/mol. The van der Waals surface area contributed by atoms with Crippen LogP contribution >= 0.6 is 11.6 Å². The highest BCUT2D eigenvalue weighted by Gasteiger charge is 2.28. The summed E-state index contributed by atoms with van der Waals surface area (Å²) in [4.78, 5) is 14.1. The number of carbonyl (C=O) groups excluding carboxylic acids is 1. The lowest BCUT2D eigenvalue weighted by Gasteiger charge is -2.32. The maximum absolute atomic E-state index is 12.2. The SMILES string of the molecule is CCNC1CCCN(c2cccc(Cl)c2)C1=O. The van der Waals surface area contributed by atoms with Crippen molar-refractivity contribution in [3.8, 4) is 0 Å². The van der Waals surface area contributed by atoms with Gasteiger partial charge in [0.2, 0.25) is 5.91 Å². The summed E-state index contributed by atoms with van der Waals surface area (Å²) in [5, 5.41) is 3.89. The third kappa shape index (κ3) is 2.79. The highest BCUT2D eigenvalue weighted by molar-refractivity contribution is 6.30. The molecule has 1 saturated heterocycles. The van der Waals surface area contributed by atoms with Crippen molar-refractivity contribution >= 4 is 23.2 Å². The maximum Gasteiger partial charge on any atom is 0.244 e. The highest BCUT2D eigenvalue weighted by Crippen LogP contribution is 2.23. The Morgan fingerprint density at radius 2 is 2.35 bits per heavy atom. The summed E-state index contributed by atoms with van der Waals surface area (Å²) < 4.78 is 0. The molecule has 1 atom stereocenters. The Hall–Kier alpha value is -1.06. The number of carbonyl (C=O) groups is 1. The molecule has 2 rings (SSSR count). The lowest BCUT2D eigenvalue weighted by atomic mass is 10.0. The van der Waals surface area contributed by atoms with Crippen molar-refractivity contribution in [2.75, 3.05) is 18.0 Å². The first kappa shape index (κ1) is 12.4. The molecule has 1 unspecified atom stereocenters. The van der Waals surface area contributed by atoms with E-state index in [9.17, 15) is 4.79 Å². The molecular formula is C13H17ClN2O. The lowest BCUT2D eigenvalue weighted by Crippen LogP contribution is -2.50. The second-order valence-corrected chi connectivity index (χ2v) is 4.66. The second-order valence-electron chi connectivity index (χ2n) is 4.22. The predicted octanol–water partition coefficient (Wildman–Crippen LogP) is 2.44. The van der Waals surface area contributed by atoms with E-state index in [0.717, 1.165) is 31.6 Å². The van der Waals surface area contributed by atoms with Gasteiger partial charge < -0.3 is 10.2 Å². The van der Waals surface area contributed by atoms with Gasteiger partial charge in [0, 0.05) is 17.3 Å². The van der Waals surface area contributed by atoms with E-state index >= 15 is 0 Å². The Labute approximate surface area is 107 Å². The normalized spacial score (nSPS) is 20.7. The summed E-state index contributed by atoms with van der Waals surface area (Å²) in [5.41, 5.74) is 0.894. The van der Waals surface area contributed by atoms with Crippen LogP contribution in [-0.4, -0.2) is 25.0 Å². The molecule has 0 radical (unpaired) electrons. The van der Waals surface area contributed by atoms with Gasteiger partial charge in [0.25, 0.3) is 0 Å². The van der Waals surface area contributed by atoms with Gasteiger partial charge in [-0.3, -0.25) is 4.79 Å². The average Bonchev–Trinajstić information content (AvgIpc) is 2.32. The highest BCUT2D eigenvalue weighted by atomic mass is 35.5. The number of amides is 1. The Morgan fingerprint density at radius 1 is 1.53 bits per heavy atom. The van der Waals surface area contributed by atoms with Crippen molar-refractivity contribution in [2.24, 2.45) is 0 Å². The molecule has 92 valence electrons. The number of nitrogens with zero attached hydrogens (tertiary/aromatic N) is 1. The molecule has 0 bridgehead atoms. The number of halogens is 1. The molecule has 0 saturated carbocycles. The molecule has 1 aliphatic heterocycles. The van der Waals surface area contributed by atoms with Crippen molar-refractivity contribution in [3.63, 3.8) is 0 Å². The van der Waals surface area contributed by atoms with Gasteiger partial charge in [-0.2, -0.15) is 0 Å². The van der Waals surface area contributed by atoms with Crippen LogP contribution in [0.2, 0.25) is 5.02 Å². The molecule has 1 aromatic carbocycles. The third-order valence-corrected chi connectivity index (χ3v) is 3.24. The Balaban J connectivity index is 2.17. The van der Waals surface area contributed by atoms with Crippen LogP contribution in [0.5, 0.6) is 0 Å². The van der Waals surface area contributed by atoms with Gasteiger partial charge >= 0.3 is 0 Å². The molecule has 0 aromatic heterocycles. The van der Waals surface area contributed by atoms with Gasteiger partial charge in [-0.1, -0.05) is 24.6 Å². The van der Waals surface area contributed by atoms with E-state index in [2.05, 4.69) is 5.32 Å². The minimum atomic E-state index is -0.0484. The molecule has 0 spiro atoms. The molecule has 1 aromatic rings. The van der Waals surface area contributed by atoms with Crippen LogP contribution in [0.25, 0.3) is 0 Å². The molecule has 1 N–H and O–H groups in total. The van der Waals surface area contributed by atoms with Crippen LogP contribution in [0.15, 0.2) is 24.3 Å². The van der Waals surface area contributed by atoms with Crippen molar-refractivity contribution in [1.82, 2.24) is 5.32 Å². The summed E-state index contributed by atoms with van der Waals surface area (Å²) in [6.07, 6.45) is 1.94. The molecule has 4 heteroatoms. The van der Waals surface area contributed by atoms with Crippen LogP contribution in [-0.2, 0) is 4.79 Å². The van der Waals surface area contributed by atoms with E-state index in [1.807, 2.05) is 36.1 Å². The molecule has 3 nitrogen and oxygen atoms in total. The minimum Gasteiger partial charge on any atom is -0.311 e. The number of benzene rings is 1. The van der Waals surface area contributed by atoms with E-state index in [0.29, 0.717) is 5.02 Å². The first-order chi connectivity index (χ1) is 8.22. The van der Waals surface area contributed by atoms with Crippen molar-refractivity contribution in [2.45, 2.75) is 25.8 Å². The Kier molecular flexibility index (Phi) is 4.02. The fourth-order valence-corrected chi connectivity index (χ4v) is 2.40. The van der Waals surface area contributed by atoms with E-state index in [4.69, 9.17) is 11.6 Å². The van der Waals surface area contributed by atoms with Crippen molar-refractivity contribution in [3.05, 3.63) is 29.3 Å². The number of anilines is 1. The molecule has 17 heavy (non-hydrogen) atoms. The van der Waals surface area contributed by atoms with Crippen LogP contribution in [0.4, 0.5) is 5.69 Å². The number of hydrogen-bond donors (Lipinski definition) is 1. The van der Waals surface area contributed by atoms with E-state index in [-0.39, 0.29) is 11.9 Å². The molecule has 0 aliphatic carbocycles. The summed E-state index contributed by atoms with van der Waals surface area (Å²) in [7, 11) is 0. The van der Waals surface area contributed by atoms with Crippen LogP contribution in [0.1, 0.15) is 19.8 Å². The summed E-state index contributed by atoms with van der Waals surface area (Å²) >= 11 is 5.96. The maximum atomic E-state index is 12.2. The summed E-state index contributed by atoms with van der Waals surface area (Å²) in [5.74, 6) is 0.153. The van der Waals surface area contributed by atoms with Gasteiger partial charge in [0.1, 0.15) is 0 Å². The number of nitrogens with one attached hydrogen (secondary N) is 1. The van der Waals surface area contributed by atoms with Crippen LogP contribution in [0, 0.1) is 0 Å². The monoisotopic (exact) mass is 252 g/mol. The fraction of sp³-hybridized carbons (Fsp3) is 0.462. The number of rotatable bonds is 3.